The fourth-order valence-electron chi connectivity index (χ4n) is 3.25. The van der Waals surface area contributed by atoms with Crippen molar-refractivity contribution in [1.82, 2.24) is 0 Å². The van der Waals surface area contributed by atoms with Crippen LogP contribution in [0.3, 0.4) is 0 Å². The van der Waals surface area contributed by atoms with Crippen LogP contribution >= 0.6 is 0 Å². The fraction of sp³-hybridized carbons (Fsp3) is 0.857. The van der Waals surface area contributed by atoms with Crippen molar-refractivity contribution in [2.45, 2.75) is 70.8 Å². The van der Waals surface area contributed by atoms with Gasteiger partial charge in [-0.1, -0.05) is 24.5 Å². The molecule has 0 heterocycles. The molecule has 0 amide bonds. The molecule has 0 aromatic heterocycles. The standard InChI is InChI=1S/C14H25N/c1-2-11-5-3-6-12(9-11)13-7-4-8-14(15)10-13/h11,14H,2-10,15H2,1H3. The molecule has 86 valence electrons. The van der Waals surface area contributed by atoms with Crippen molar-refractivity contribution in [3.8, 4) is 0 Å². The molecule has 0 spiro atoms. The molecule has 2 N–H and O–H groups in total. The Labute approximate surface area is 94.1 Å². The first-order valence-corrected chi connectivity index (χ1v) is 6.75. The summed E-state index contributed by atoms with van der Waals surface area (Å²) in [4.78, 5) is 0. The van der Waals surface area contributed by atoms with Gasteiger partial charge in [0.15, 0.2) is 0 Å². The van der Waals surface area contributed by atoms with E-state index < -0.39 is 0 Å². The molecule has 2 fully saturated rings. The third kappa shape index (κ3) is 2.84. The van der Waals surface area contributed by atoms with E-state index in [2.05, 4.69) is 6.92 Å². The normalized spacial score (nSPS) is 38.0. The first kappa shape index (κ1) is 11.2. The summed E-state index contributed by atoms with van der Waals surface area (Å²) in [5, 5.41) is 0. The second kappa shape index (κ2) is 5.16. The SMILES string of the molecule is CCC1CCCC(=C2CCCC(N)C2)C1. The molecule has 2 aliphatic rings. The second-order valence-corrected chi connectivity index (χ2v) is 5.43. The van der Waals surface area contributed by atoms with E-state index in [0.29, 0.717) is 6.04 Å². The quantitative estimate of drug-likeness (QED) is 0.651. The number of nitrogens with two attached hydrogens (primary N) is 1. The van der Waals surface area contributed by atoms with Crippen molar-refractivity contribution < 1.29 is 0 Å². The number of allylic oxidation sites excluding steroid dienone is 1. The van der Waals surface area contributed by atoms with Crippen molar-refractivity contribution in [2.24, 2.45) is 11.7 Å². The second-order valence-electron chi connectivity index (χ2n) is 5.43. The number of rotatable bonds is 1. The zero-order valence-electron chi connectivity index (χ0n) is 10.1. The van der Waals surface area contributed by atoms with E-state index in [1.807, 2.05) is 0 Å². The first-order chi connectivity index (χ1) is 7.29. The van der Waals surface area contributed by atoms with Gasteiger partial charge in [0.2, 0.25) is 0 Å². The summed E-state index contributed by atoms with van der Waals surface area (Å²) in [5.41, 5.74) is 9.60. The van der Waals surface area contributed by atoms with Crippen LogP contribution in [-0.4, -0.2) is 6.04 Å². The minimum absolute atomic E-state index is 0.461. The molecule has 1 heteroatoms. The van der Waals surface area contributed by atoms with E-state index >= 15 is 0 Å². The predicted octanol–water partition coefficient (Wildman–Crippen LogP) is 3.78. The fourth-order valence-corrected chi connectivity index (χ4v) is 3.25. The summed E-state index contributed by atoms with van der Waals surface area (Å²) < 4.78 is 0. The smallest absolute Gasteiger partial charge is 0.00762 e. The summed E-state index contributed by atoms with van der Waals surface area (Å²) in [5.74, 6) is 0.972. The molecule has 2 saturated carbocycles. The highest BCUT2D eigenvalue weighted by Gasteiger charge is 2.21. The van der Waals surface area contributed by atoms with Gasteiger partial charge in [0.1, 0.15) is 0 Å². The Morgan fingerprint density at radius 1 is 1.07 bits per heavy atom. The molecule has 0 aromatic carbocycles. The molecule has 0 aliphatic heterocycles. The van der Waals surface area contributed by atoms with Crippen LogP contribution in [0.15, 0.2) is 11.1 Å². The highest BCUT2D eigenvalue weighted by atomic mass is 14.6. The Morgan fingerprint density at radius 2 is 1.73 bits per heavy atom. The van der Waals surface area contributed by atoms with Gasteiger partial charge in [0.05, 0.1) is 0 Å². The number of hydrogen-bond acceptors (Lipinski definition) is 1. The van der Waals surface area contributed by atoms with Gasteiger partial charge in [-0.2, -0.15) is 0 Å². The zero-order chi connectivity index (χ0) is 10.7. The van der Waals surface area contributed by atoms with Gasteiger partial charge in [-0.15, -0.1) is 0 Å². The lowest BCUT2D eigenvalue weighted by atomic mass is 9.78. The molecule has 0 bridgehead atoms. The molecule has 2 aliphatic carbocycles. The molecule has 2 atom stereocenters. The van der Waals surface area contributed by atoms with Crippen LogP contribution in [0.1, 0.15) is 64.7 Å². The zero-order valence-corrected chi connectivity index (χ0v) is 10.1. The molecule has 0 radical (unpaired) electrons. The van der Waals surface area contributed by atoms with Gasteiger partial charge >= 0.3 is 0 Å². The molecule has 2 unspecified atom stereocenters. The van der Waals surface area contributed by atoms with Crippen molar-refractivity contribution in [1.29, 1.82) is 0 Å². The van der Waals surface area contributed by atoms with Crippen LogP contribution < -0.4 is 5.73 Å². The minimum atomic E-state index is 0.461. The van der Waals surface area contributed by atoms with Crippen LogP contribution in [-0.2, 0) is 0 Å². The van der Waals surface area contributed by atoms with Crippen LogP contribution in [0.25, 0.3) is 0 Å². The average Bonchev–Trinajstić information content (AvgIpc) is 2.29. The molecule has 2 rings (SSSR count). The first-order valence-electron chi connectivity index (χ1n) is 6.75. The Balaban J connectivity index is 2.03. The molecule has 0 aromatic rings. The highest BCUT2D eigenvalue weighted by molar-refractivity contribution is 5.19. The van der Waals surface area contributed by atoms with Gasteiger partial charge in [0.25, 0.3) is 0 Å². The maximum atomic E-state index is 6.06. The van der Waals surface area contributed by atoms with E-state index in [4.69, 9.17) is 5.73 Å². The van der Waals surface area contributed by atoms with Crippen LogP contribution in [0.4, 0.5) is 0 Å². The summed E-state index contributed by atoms with van der Waals surface area (Å²) in [6.45, 7) is 2.34. The van der Waals surface area contributed by atoms with E-state index in [0.717, 1.165) is 5.92 Å². The van der Waals surface area contributed by atoms with Gasteiger partial charge in [-0.05, 0) is 57.3 Å². The van der Waals surface area contributed by atoms with E-state index in [1.54, 1.807) is 11.1 Å². The number of hydrogen-bond donors (Lipinski definition) is 1. The van der Waals surface area contributed by atoms with E-state index in [-0.39, 0.29) is 0 Å². The topological polar surface area (TPSA) is 26.0 Å². The van der Waals surface area contributed by atoms with Crippen LogP contribution in [0.5, 0.6) is 0 Å². The van der Waals surface area contributed by atoms with E-state index in [9.17, 15) is 0 Å². The van der Waals surface area contributed by atoms with E-state index in [1.165, 1.54) is 57.8 Å². The Hall–Kier alpha value is -0.300. The lowest BCUT2D eigenvalue weighted by Crippen LogP contribution is -2.25. The van der Waals surface area contributed by atoms with Gasteiger partial charge in [-0.25, -0.2) is 0 Å². The van der Waals surface area contributed by atoms with Crippen molar-refractivity contribution in [3.05, 3.63) is 11.1 Å². The van der Waals surface area contributed by atoms with Crippen molar-refractivity contribution in [2.75, 3.05) is 0 Å². The maximum Gasteiger partial charge on any atom is 0.00762 e. The lowest BCUT2D eigenvalue weighted by Gasteiger charge is -2.29. The summed E-state index contributed by atoms with van der Waals surface area (Å²) in [6.07, 6.45) is 12.1. The Bertz CT molecular complexity index is 242. The Morgan fingerprint density at radius 3 is 2.40 bits per heavy atom. The van der Waals surface area contributed by atoms with Gasteiger partial charge in [0, 0.05) is 6.04 Å². The maximum absolute atomic E-state index is 6.06. The summed E-state index contributed by atoms with van der Waals surface area (Å²) >= 11 is 0. The molecular weight excluding hydrogens is 182 g/mol. The molecule has 15 heavy (non-hydrogen) atoms. The van der Waals surface area contributed by atoms with Crippen LogP contribution in [0, 0.1) is 5.92 Å². The van der Waals surface area contributed by atoms with Gasteiger partial charge < -0.3 is 5.73 Å². The molecular formula is C14H25N. The molecule has 0 saturated heterocycles. The largest absolute Gasteiger partial charge is 0.327 e. The lowest BCUT2D eigenvalue weighted by molar-refractivity contribution is 0.397. The predicted molar refractivity (Wildman–Crippen MR) is 65.7 cm³/mol. The van der Waals surface area contributed by atoms with Crippen LogP contribution in [0.2, 0.25) is 0 Å². The summed E-state index contributed by atoms with van der Waals surface area (Å²) in [6, 6.07) is 0.461. The van der Waals surface area contributed by atoms with Gasteiger partial charge in [-0.3, -0.25) is 0 Å². The Kier molecular flexibility index (Phi) is 3.85. The van der Waals surface area contributed by atoms with Crippen molar-refractivity contribution >= 4 is 0 Å². The minimum Gasteiger partial charge on any atom is -0.327 e. The highest BCUT2D eigenvalue weighted by Crippen LogP contribution is 2.36. The monoisotopic (exact) mass is 207 g/mol. The summed E-state index contributed by atoms with van der Waals surface area (Å²) in [7, 11) is 0. The average molecular weight is 207 g/mol. The molecule has 1 nitrogen and oxygen atoms in total. The van der Waals surface area contributed by atoms with Crippen molar-refractivity contribution in [3.63, 3.8) is 0 Å². The third-order valence-electron chi connectivity index (χ3n) is 4.27. The third-order valence-corrected chi connectivity index (χ3v) is 4.27.